The molecule has 0 spiro atoms. The van der Waals surface area contributed by atoms with Crippen LogP contribution in [-0.4, -0.2) is 14.8 Å². The molecule has 0 unspecified atom stereocenters. The Morgan fingerprint density at radius 2 is 1.96 bits per heavy atom. The standard InChI is InChI=1S/C18H18FN3OS/c1-13-6-3-4-9-16(13)23-11-17-20-21-18(22(17)2)24-12-14-7-5-8-15(19)10-14/h3-10H,11-12H2,1-2H3. The van der Waals surface area contributed by atoms with E-state index < -0.39 is 0 Å². The summed E-state index contributed by atoms with van der Waals surface area (Å²) >= 11 is 1.52. The molecular formula is C18H18FN3OS. The van der Waals surface area contributed by atoms with E-state index in [-0.39, 0.29) is 5.82 Å². The molecule has 0 aliphatic rings. The SMILES string of the molecule is Cc1ccccc1OCc1nnc(SCc2cccc(F)c2)n1C. The monoisotopic (exact) mass is 343 g/mol. The van der Waals surface area contributed by atoms with Crippen LogP contribution in [0.15, 0.2) is 53.7 Å². The highest BCUT2D eigenvalue weighted by atomic mass is 32.2. The summed E-state index contributed by atoms with van der Waals surface area (Å²) in [5, 5.41) is 9.15. The van der Waals surface area contributed by atoms with Crippen molar-refractivity contribution in [3.05, 3.63) is 71.3 Å². The fraction of sp³-hybridized carbons (Fsp3) is 0.222. The molecule has 0 N–H and O–H groups in total. The molecule has 0 radical (unpaired) electrons. The van der Waals surface area contributed by atoms with Crippen molar-refractivity contribution in [2.75, 3.05) is 0 Å². The van der Waals surface area contributed by atoms with E-state index in [2.05, 4.69) is 10.2 Å². The van der Waals surface area contributed by atoms with Gasteiger partial charge < -0.3 is 9.30 Å². The van der Waals surface area contributed by atoms with Gasteiger partial charge in [0.1, 0.15) is 18.2 Å². The van der Waals surface area contributed by atoms with E-state index in [4.69, 9.17) is 4.74 Å². The molecule has 0 fully saturated rings. The minimum absolute atomic E-state index is 0.224. The summed E-state index contributed by atoms with van der Waals surface area (Å²) in [6.45, 7) is 2.36. The topological polar surface area (TPSA) is 39.9 Å². The van der Waals surface area contributed by atoms with Gasteiger partial charge in [-0.1, -0.05) is 42.1 Å². The highest BCUT2D eigenvalue weighted by Gasteiger charge is 2.11. The van der Waals surface area contributed by atoms with Crippen molar-refractivity contribution in [3.8, 4) is 5.75 Å². The van der Waals surface area contributed by atoms with Crippen LogP contribution in [-0.2, 0) is 19.4 Å². The van der Waals surface area contributed by atoms with E-state index in [9.17, 15) is 4.39 Å². The van der Waals surface area contributed by atoms with Crippen LogP contribution >= 0.6 is 11.8 Å². The Morgan fingerprint density at radius 3 is 2.75 bits per heavy atom. The summed E-state index contributed by atoms with van der Waals surface area (Å²) in [5.41, 5.74) is 2.00. The maximum Gasteiger partial charge on any atom is 0.191 e. The van der Waals surface area contributed by atoms with Crippen molar-refractivity contribution in [1.82, 2.24) is 14.8 Å². The smallest absolute Gasteiger partial charge is 0.191 e. The lowest BCUT2D eigenvalue weighted by Gasteiger charge is -2.08. The molecule has 0 aliphatic carbocycles. The van der Waals surface area contributed by atoms with E-state index >= 15 is 0 Å². The Kier molecular flexibility index (Phi) is 5.15. The molecule has 24 heavy (non-hydrogen) atoms. The summed E-state index contributed by atoms with van der Waals surface area (Å²) in [7, 11) is 1.91. The maximum absolute atomic E-state index is 13.2. The number of aryl methyl sites for hydroxylation is 1. The van der Waals surface area contributed by atoms with Crippen molar-refractivity contribution in [1.29, 1.82) is 0 Å². The molecule has 1 heterocycles. The highest BCUT2D eigenvalue weighted by molar-refractivity contribution is 7.98. The first-order valence-corrected chi connectivity index (χ1v) is 8.56. The fourth-order valence-corrected chi connectivity index (χ4v) is 3.10. The molecule has 2 aromatic carbocycles. The molecule has 3 aromatic rings. The van der Waals surface area contributed by atoms with Gasteiger partial charge in [0, 0.05) is 12.8 Å². The first-order chi connectivity index (χ1) is 11.6. The summed E-state index contributed by atoms with van der Waals surface area (Å²) in [4.78, 5) is 0. The van der Waals surface area contributed by atoms with Crippen LogP contribution in [0.4, 0.5) is 4.39 Å². The largest absolute Gasteiger partial charge is 0.485 e. The number of rotatable bonds is 6. The molecule has 0 amide bonds. The molecule has 124 valence electrons. The van der Waals surface area contributed by atoms with Gasteiger partial charge in [-0.2, -0.15) is 0 Å². The molecule has 3 rings (SSSR count). The van der Waals surface area contributed by atoms with Gasteiger partial charge in [0.2, 0.25) is 0 Å². The Bertz CT molecular complexity index is 835. The normalized spacial score (nSPS) is 10.8. The van der Waals surface area contributed by atoms with Crippen LogP contribution in [0.2, 0.25) is 0 Å². The van der Waals surface area contributed by atoms with Crippen molar-refractivity contribution in [3.63, 3.8) is 0 Å². The number of halogens is 1. The number of hydrogen-bond donors (Lipinski definition) is 0. The molecule has 1 aromatic heterocycles. The zero-order valence-electron chi connectivity index (χ0n) is 13.6. The zero-order chi connectivity index (χ0) is 16.9. The van der Waals surface area contributed by atoms with E-state index in [0.717, 1.165) is 27.9 Å². The Hall–Kier alpha value is -2.34. The first kappa shape index (κ1) is 16.5. The lowest BCUT2D eigenvalue weighted by atomic mass is 10.2. The Balaban J connectivity index is 1.62. The second-order valence-corrected chi connectivity index (χ2v) is 6.37. The van der Waals surface area contributed by atoms with Crippen molar-refractivity contribution < 1.29 is 9.13 Å². The third-order valence-corrected chi connectivity index (χ3v) is 4.72. The number of hydrogen-bond acceptors (Lipinski definition) is 4. The number of aromatic nitrogens is 3. The van der Waals surface area contributed by atoms with Crippen molar-refractivity contribution >= 4 is 11.8 Å². The van der Waals surface area contributed by atoms with Crippen LogP contribution in [0.3, 0.4) is 0 Å². The number of thioether (sulfide) groups is 1. The average molecular weight is 343 g/mol. The van der Waals surface area contributed by atoms with Crippen LogP contribution in [0.5, 0.6) is 5.75 Å². The maximum atomic E-state index is 13.2. The molecule has 0 atom stereocenters. The van der Waals surface area contributed by atoms with Gasteiger partial charge in [0.15, 0.2) is 11.0 Å². The summed E-state index contributed by atoms with van der Waals surface area (Å²) in [6.07, 6.45) is 0. The van der Waals surface area contributed by atoms with Gasteiger partial charge in [-0.25, -0.2) is 4.39 Å². The molecule has 0 bridgehead atoms. The lowest BCUT2D eigenvalue weighted by Crippen LogP contribution is -2.04. The van der Waals surface area contributed by atoms with Gasteiger partial charge in [0.25, 0.3) is 0 Å². The molecule has 4 nitrogen and oxygen atoms in total. The Labute approximate surface area is 144 Å². The van der Waals surface area contributed by atoms with E-state index in [1.165, 1.54) is 23.9 Å². The Morgan fingerprint density at radius 1 is 1.12 bits per heavy atom. The minimum atomic E-state index is -0.224. The van der Waals surface area contributed by atoms with Crippen LogP contribution in [0.1, 0.15) is 17.0 Å². The van der Waals surface area contributed by atoms with E-state index in [0.29, 0.717) is 12.4 Å². The molecule has 0 aliphatic heterocycles. The van der Waals surface area contributed by atoms with Crippen LogP contribution in [0.25, 0.3) is 0 Å². The third-order valence-electron chi connectivity index (χ3n) is 3.63. The van der Waals surface area contributed by atoms with Gasteiger partial charge in [-0.05, 0) is 36.2 Å². The van der Waals surface area contributed by atoms with Crippen molar-refractivity contribution in [2.45, 2.75) is 24.4 Å². The number of para-hydroxylation sites is 1. The number of nitrogens with zero attached hydrogens (tertiary/aromatic N) is 3. The van der Waals surface area contributed by atoms with Gasteiger partial charge in [-0.3, -0.25) is 0 Å². The molecule has 0 saturated carbocycles. The number of benzene rings is 2. The molecule has 6 heteroatoms. The third kappa shape index (κ3) is 3.94. The minimum Gasteiger partial charge on any atom is -0.485 e. The molecular weight excluding hydrogens is 325 g/mol. The lowest BCUT2D eigenvalue weighted by molar-refractivity contribution is 0.288. The van der Waals surface area contributed by atoms with Gasteiger partial charge >= 0.3 is 0 Å². The van der Waals surface area contributed by atoms with Crippen molar-refractivity contribution in [2.24, 2.45) is 7.05 Å². The van der Waals surface area contributed by atoms with Crippen LogP contribution in [0, 0.1) is 12.7 Å². The fourth-order valence-electron chi connectivity index (χ4n) is 2.23. The van der Waals surface area contributed by atoms with E-state index in [1.807, 2.05) is 48.9 Å². The van der Waals surface area contributed by atoms with Crippen LogP contribution < -0.4 is 4.74 Å². The quantitative estimate of drug-likeness (QED) is 0.631. The zero-order valence-corrected chi connectivity index (χ0v) is 14.4. The second-order valence-electron chi connectivity index (χ2n) is 5.43. The summed E-state index contributed by atoms with van der Waals surface area (Å²) in [6, 6.07) is 14.4. The summed E-state index contributed by atoms with van der Waals surface area (Å²) in [5.74, 6) is 2.01. The molecule has 0 saturated heterocycles. The first-order valence-electron chi connectivity index (χ1n) is 7.57. The second kappa shape index (κ2) is 7.49. The predicted molar refractivity (Wildman–Crippen MR) is 92.5 cm³/mol. The number of ether oxygens (including phenoxy) is 1. The average Bonchev–Trinajstić information content (AvgIpc) is 2.92. The summed E-state index contributed by atoms with van der Waals surface area (Å²) < 4.78 is 20.9. The predicted octanol–water partition coefficient (Wildman–Crippen LogP) is 4.13. The highest BCUT2D eigenvalue weighted by Crippen LogP contribution is 2.22. The van der Waals surface area contributed by atoms with Gasteiger partial charge in [-0.15, -0.1) is 10.2 Å². The van der Waals surface area contributed by atoms with Gasteiger partial charge in [0.05, 0.1) is 0 Å². The van der Waals surface area contributed by atoms with E-state index in [1.54, 1.807) is 6.07 Å².